The first-order valence-electron chi connectivity index (χ1n) is 6.29. The van der Waals surface area contributed by atoms with Crippen LogP contribution in [0.5, 0.6) is 0 Å². The first-order valence-corrected chi connectivity index (χ1v) is 8.12. The summed E-state index contributed by atoms with van der Waals surface area (Å²) in [4.78, 5) is 12.7. The predicted molar refractivity (Wildman–Crippen MR) is 97.7 cm³/mol. The molecule has 0 aliphatic heterocycles. The number of aromatic nitrogens is 3. The van der Waals surface area contributed by atoms with E-state index in [4.69, 9.17) is 23.2 Å². The van der Waals surface area contributed by atoms with E-state index in [1.807, 2.05) is 30.3 Å². The van der Waals surface area contributed by atoms with Gasteiger partial charge in [-0.25, -0.2) is 9.97 Å². The molecule has 3 aromatic rings. The molecule has 0 fully saturated rings. The Hall–Kier alpha value is -1.44. The fraction of sp³-hybridized carbons (Fsp3) is 0. The first kappa shape index (κ1) is 15.5. The minimum absolute atomic E-state index is 0.345. The number of nitrogens with one attached hydrogen (secondary N) is 1. The van der Waals surface area contributed by atoms with Crippen LogP contribution < -0.4 is 5.32 Å². The van der Waals surface area contributed by atoms with Gasteiger partial charge in [0.25, 0.3) is 0 Å². The Balaban J connectivity index is 1.96. The summed E-state index contributed by atoms with van der Waals surface area (Å²) in [5, 5.41) is 4.12. The molecule has 0 spiro atoms. The summed E-state index contributed by atoms with van der Waals surface area (Å²) >= 11 is 14.5. The molecule has 0 atom stereocenters. The van der Waals surface area contributed by atoms with Crippen molar-refractivity contribution in [1.29, 1.82) is 0 Å². The number of hydrogen-bond donors (Lipinski definition) is 1. The predicted octanol–water partition coefficient (Wildman–Crippen LogP) is 5.19. The molecule has 2 aromatic heterocycles. The number of hydrogen-bond acceptors (Lipinski definition) is 4. The molecule has 1 N–H and O–H groups in total. The van der Waals surface area contributed by atoms with Gasteiger partial charge in [0.1, 0.15) is 11.0 Å². The van der Waals surface area contributed by atoms with Crippen LogP contribution in [0.3, 0.4) is 0 Å². The molecule has 0 bridgehead atoms. The molecule has 2 heterocycles. The molecule has 7 heteroatoms. The number of rotatable bonds is 3. The van der Waals surface area contributed by atoms with E-state index in [-0.39, 0.29) is 0 Å². The minimum atomic E-state index is 0.345. The van der Waals surface area contributed by atoms with Gasteiger partial charge in [-0.3, -0.25) is 4.98 Å². The molecule has 0 saturated heterocycles. The van der Waals surface area contributed by atoms with Crippen molar-refractivity contribution in [3.05, 3.63) is 62.5 Å². The van der Waals surface area contributed by atoms with Crippen molar-refractivity contribution < 1.29 is 0 Å². The lowest BCUT2D eigenvalue weighted by molar-refractivity contribution is 1.16. The van der Waals surface area contributed by atoms with Gasteiger partial charge in [0, 0.05) is 27.6 Å². The van der Waals surface area contributed by atoms with E-state index in [2.05, 4.69) is 42.9 Å². The van der Waals surface area contributed by atoms with Gasteiger partial charge in [-0.15, -0.1) is 0 Å². The summed E-state index contributed by atoms with van der Waals surface area (Å²) < 4.78 is 1.06. The second-order valence-electron chi connectivity index (χ2n) is 4.39. The van der Waals surface area contributed by atoms with Gasteiger partial charge >= 0.3 is 0 Å². The van der Waals surface area contributed by atoms with Crippen molar-refractivity contribution in [2.75, 3.05) is 5.32 Å². The monoisotopic (exact) mass is 442 g/mol. The Morgan fingerprint density at radius 1 is 1.05 bits per heavy atom. The zero-order chi connectivity index (χ0) is 15.5. The zero-order valence-corrected chi connectivity index (χ0v) is 14.8. The summed E-state index contributed by atoms with van der Waals surface area (Å²) in [6, 6.07) is 11.1. The quantitative estimate of drug-likeness (QED) is 0.447. The molecule has 0 amide bonds. The van der Waals surface area contributed by atoms with E-state index in [0.717, 1.165) is 14.8 Å². The van der Waals surface area contributed by atoms with Gasteiger partial charge in [0.05, 0.1) is 10.7 Å². The van der Waals surface area contributed by atoms with E-state index in [9.17, 15) is 0 Å². The molecule has 3 rings (SSSR count). The summed E-state index contributed by atoms with van der Waals surface area (Å²) in [7, 11) is 0. The average molecular weight is 443 g/mol. The summed E-state index contributed by atoms with van der Waals surface area (Å²) in [5.41, 5.74) is 1.55. The molecular formula is C15H9Cl2IN4. The Morgan fingerprint density at radius 2 is 1.91 bits per heavy atom. The van der Waals surface area contributed by atoms with Crippen LogP contribution in [0.15, 0.2) is 48.8 Å². The fourth-order valence-electron chi connectivity index (χ4n) is 1.83. The van der Waals surface area contributed by atoms with Gasteiger partial charge in [-0.2, -0.15) is 0 Å². The summed E-state index contributed by atoms with van der Waals surface area (Å²) in [6.45, 7) is 0. The molecule has 0 aliphatic carbocycles. The highest BCUT2D eigenvalue weighted by Crippen LogP contribution is 2.28. The summed E-state index contributed by atoms with van der Waals surface area (Å²) in [5.74, 6) is 1.08. The van der Waals surface area contributed by atoms with Gasteiger partial charge in [0.2, 0.25) is 0 Å². The standard InChI is InChI=1S/C15H9Cl2IN4/c16-11-6-10(18)3-4-12(11)20-14-7-13(17)21-15(22-14)9-2-1-5-19-8-9/h1-8H,(H,20,21,22). The molecule has 110 valence electrons. The second kappa shape index (κ2) is 6.76. The molecule has 1 aromatic carbocycles. The molecule has 4 nitrogen and oxygen atoms in total. The van der Waals surface area contributed by atoms with E-state index in [1.54, 1.807) is 18.5 Å². The molecule has 0 unspecified atom stereocenters. The van der Waals surface area contributed by atoms with Crippen LogP contribution in [-0.2, 0) is 0 Å². The number of pyridine rings is 1. The Labute approximate surface area is 151 Å². The van der Waals surface area contributed by atoms with Crippen LogP contribution in [0.4, 0.5) is 11.5 Å². The lowest BCUT2D eigenvalue weighted by Crippen LogP contribution is -1.98. The Morgan fingerprint density at radius 3 is 2.64 bits per heavy atom. The van der Waals surface area contributed by atoms with Crippen molar-refractivity contribution in [1.82, 2.24) is 15.0 Å². The Kier molecular flexibility index (Phi) is 4.75. The van der Waals surface area contributed by atoms with Crippen LogP contribution in [0.25, 0.3) is 11.4 Å². The third-order valence-corrected chi connectivity index (χ3v) is 3.99. The lowest BCUT2D eigenvalue weighted by atomic mass is 10.2. The zero-order valence-electron chi connectivity index (χ0n) is 11.1. The molecule has 0 aliphatic rings. The maximum absolute atomic E-state index is 6.22. The van der Waals surface area contributed by atoms with Crippen LogP contribution in [0.1, 0.15) is 0 Å². The van der Waals surface area contributed by atoms with Gasteiger partial charge in [-0.05, 0) is 52.9 Å². The van der Waals surface area contributed by atoms with Gasteiger partial charge in [-0.1, -0.05) is 23.2 Å². The molecule has 22 heavy (non-hydrogen) atoms. The number of benzene rings is 1. The van der Waals surface area contributed by atoms with E-state index in [0.29, 0.717) is 21.8 Å². The molecular weight excluding hydrogens is 434 g/mol. The maximum Gasteiger partial charge on any atom is 0.164 e. The SMILES string of the molecule is Clc1cc(Nc2ccc(I)cc2Cl)nc(-c2cccnc2)n1. The van der Waals surface area contributed by atoms with Crippen molar-refractivity contribution in [3.8, 4) is 11.4 Å². The van der Waals surface area contributed by atoms with Crippen molar-refractivity contribution >= 4 is 57.3 Å². The van der Waals surface area contributed by atoms with Crippen LogP contribution in [-0.4, -0.2) is 15.0 Å². The first-order chi connectivity index (χ1) is 10.6. The molecule has 0 saturated carbocycles. The normalized spacial score (nSPS) is 10.5. The minimum Gasteiger partial charge on any atom is -0.339 e. The highest BCUT2D eigenvalue weighted by Gasteiger charge is 2.08. The number of halogens is 3. The highest BCUT2D eigenvalue weighted by atomic mass is 127. The van der Waals surface area contributed by atoms with Crippen molar-refractivity contribution in [2.24, 2.45) is 0 Å². The number of nitrogens with zero attached hydrogens (tertiary/aromatic N) is 3. The van der Waals surface area contributed by atoms with Crippen LogP contribution in [0, 0.1) is 3.57 Å². The van der Waals surface area contributed by atoms with E-state index >= 15 is 0 Å². The van der Waals surface area contributed by atoms with Crippen LogP contribution >= 0.6 is 45.8 Å². The van der Waals surface area contributed by atoms with E-state index < -0.39 is 0 Å². The van der Waals surface area contributed by atoms with E-state index in [1.165, 1.54) is 0 Å². The lowest BCUT2D eigenvalue weighted by Gasteiger charge is -2.09. The van der Waals surface area contributed by atoms with Crippen molar-refractivity contribution in [2.45, 2.75) is 0 Å². The topological polar surface area (TPSA) is 50.7 Å². The second-order valence-corrected chi connectivity index (χ2v) is 6.43. The fourth-order valence-corrected chi connectivity index (χ4v) is 2.92. The average Bonchev–Trinajstić information content (AvgIpc) is 2.50. The maximum atomic E-state index is 6.22. The van der Waals surface area contributed by atoms with Gasteiger partial charge in [0.15, 0.2) is 5.82 Å². The Bertz CT molecular complexity index is 812. The highest BCUT2D eigenvalue weighted by molar-refractivity contribution is 14.1. The van der Waals surface area contributed by atoms with Crippen molar-refractivity contribution in [3.63, 3.8) is 0 Å². The van der Waals surface area contributed by atoms with Gasteiger partial charge < -0.3 is 5.32 Å². The largest absolute Gasteiger partial charge is 0.339 e. The number of anilines is 2. The summed E-state index contributed by atoms with van der Waals surface area (Å²) in [6.07, 6.45) is 3.38. The third-order valence-electron chi connectivity index (χ3n) is 2.81. The third kappa shape index (κ3) is 3.66. The molecule has 0 radical (unpaired) electrons. The van der Waals surface area contributed by atoms with Crippen LogP contribution in [0.2, 0.25) is 10.2 Å². The smallest absolute Gasteiger partial charge is 0.164 e.